The van der Waals surface area contributed by atoms with Gasteiger partial charge in [0.2, 0.25) is 5.82 Å². The van der Waals surface area contributed by atoms with Crippen molar-refractivity contribution in [2.24, 2.45) is 5.92 Å². The summed E-state index contributed by atoms with van der Waals surface area (Å²) < 4.78 is 19.0. The first-order valence-corrected chi connectivity index (χ1v) is 12.1. The molecule has 1 atom stereocenters. The molecular formula is C25H27FN4O2S. The summed E-state index contributed by atoms with van der Waals surface area (Å²) in [6, 6.07) is 13.4. The van der Waals surface area contributed by atoms with Crippen LogP contribution in [0.1, 0.15) is 44.7 Å². The first-order valence-electron chi connectivity index (χ1n) is 10.9. The molecule has 172 valence electrons. The molecule has 33 heavy (non-hydrogen) atoms. The number of rotatable bonds is 7. The molecule has 0 saturated heterocycles. The minimum absolute atomic E-state index is 0.144. The highest BCUT2D eigenvalue weighted by Crippen LogP contribution is 2.38. The van der Waals surface area contributed by atoms with Crippen molar-refractivity contribution in [2.45, 2.75) is 38.1 Å². The lowest BCUT2D eigenvalue weighted by Gasteiger charge is -2.35. The van der Waals surface area contributed by atoms with Crippen LogP contribution in [0.4, 0.5) is 9.18 Å². The summed E-state index contributed by atoms with van der Waals surface area (Å²) in [5.74, 6) is 0.831. The fourth-order valence-electron chi connectivity index (χ4n) is 3.81. The van der Waals surface area contributed by atoms with E-state index in [1.165, 1.54) is 12.1 Å². The highest BCUT2D eigenvalue weighted by atomic mass is 32.2. The van der Waals surface area contributed by atoms with E-state index in [1.54, 1.807) is 28.8 Å². The summed E-state index contributed by atoms with van der Waals surface area (Å²) in [6.45, 7) is 6.77. The highest BCUT2D eigenvalue weighted by Gasteiger charge is 2.35. The van der Waals surface area contributed by atoms with Crippen LogP contribution in [0.3, 0.4) is 0 Å². The molecule has 1 aromatic heterocycles. The second-order valence-corrected chi connectivity index (χ2v) is 9.30. The Bertz CT molecular complexity index is 1160. The maximum atomic E-state index is 13.3. The molecule has 0 fully saturated rings. The van der Waals surface area contributed by atoms with E-state index in [4.69, 9.17) is 4.52 Å². The molecule has 1 N–H and O–H groups in total. The monoisotopic (exact) mass is 466 g/mol. The van der Waals surface area contributed by atoms with Gasteiger partial charge in [-0.2, -0.15) is 4.98 Å². The van der Waals surface area contributed by atoms with Crippen LogP contribution in [0, 0.1) is 11.7 Å². The minimum atomic E-state index is -0.426. The Hall–Kier alpha value is -3.13. The predicted molar refractivity (Wildman–Crippen MR) is 128 cm³/mol. The van der Waals surface area contributed by atoms with Gasteiger partial charge < -0.3 is 9.84 Å². The van der Waals surface area contributed by atoms with Crippen LogP contribution in [-0.4, -0.2) is 33.9 Å². The van der Waals surface area contributed by atoms with Gasteiger partial charge in [0, 0.05) is 22.7 Å². The van der Waals surface area contributed by atoms with Crippen LogP contribution >= 0.6 is 11.8 Å². The average Bonchev–Trinajstić information content (AvgIpc) is 3.28. The number of thioether (sulfide) groups is 1. The Morgan fingerprint density at radius 3 is 2.48 bits per heavy atom. The number of benzene rings is 2. The van der Waals surface area contributed by atoms with Gasteiger partial charge in [-0.05, 0) is 67.5 Å². The Labute approximate surface area is 197 Å². The number of urea groups is 1. The van der Waals surface area contributed by atoms with Crippen molar-refractivity contribution in [2.75, 3.05) is 12.8 Å². The molecule has 3 aromatic rings. The molecule has 6 nitrogen and oxygen atoms in total. The maximum absolute atomic E-state index is 13.3. The summed E-state index contributed by atoms with van der Waals surface area (Å²) in [5, 5.41) is 7.25. The maximum Gasteiger partial charge on any atom is 0.322 e. The summed E-state index contributed by atoms with van der Waals surface area (Å²) in [6.07, 6.45) is 2.89. The Morgan fingerprint density at radius 2 is 1.85 bits per heavy atom. The lowest BCUT2D eigenvalue weighted by atomic mass is 9.94. The number of halogens is 1. The molecule has 1 unspecified atom stereocenters. The summed E-state index contributed by atoms with van der Waals surface area (Å²) in [4.78, 5) is 20.5. The molecule has 0 bridgehead atoms. The molecule has 0 saturated carbocycles. The molecule has 0 aliphatic carbocycles. The van der Waals surface area contributed by atoms with E-state index in [-0.39, 0.29) is 11.8 Å². The van der Waals surface area contributed by atoms with Crippen molar-refractivity contribution in [3.05, 3.63) is 71.5 Å². The largest absolute Gasteiger partial charge is 0.334 e. The summed E-state index contributed by atoms with van der Waals surface area (Å²) >= 11 is 1.66. The molecule has 2 aromatic carbocycles. The number of hydrogen-bond acceptors (Lipinski definition) is 5. The lowest BCUT2D eigenvalue weighted by Crippen LogP contribution is -2.46. The number of carbonyl (C=O) groups is 1. The predicted octanol–water partition coefficient (Wildman–Crippen LogP) is 6.14. The Morgan fingerprint density at radius 1 is 1.15 bits per heavy atom. The number of carbonyl (C=O) groups excluding carboxylic acids is 1. The summed E-state index contributed by atoms with van der Waals surface area (Å²) in [5.41, 5.74) is 3.13. The summed E-state index contributed by atoms with van der Waals surface area (Å²) in [7, 11) is 0. The van der Waals surface area contributed by atoms with Crippen LogP contribution in [-0.2, 0) is 0 Å². The van der Waals surface area contributed by atoms with E-state index in [2.05, 4.69) is 29.3 Å². The van der Waals surface area contributed by atoms with E-state index >= 15 is 0 Å². The number of hydrogen-bond donors (Lipinski definition) is 1. The van der Waals surface area contributed by atoms with Gasteiger partial charge in [0.15, 0.2) is 0 Å². The van der Waals surface area contributed by atoms with E-state index in [1.807, 2.05) is 37.4 Å². The van der Waals surface area contributed by atoms with Gasteiger partial charge in [0.1, 0.15) is 5.82 Å². The molecule has 2 amide bonds. The van der Waals surface area contributed by atoms with Crippen molar-refractivity contribution in [3.8, 4) is 11.4 Å². The molecule has 4 rings (SSSR count). The topological polar surface area (TPSA) is 71.3 Å². The van der Waals surface area contributed by atoms with Gasteiger partial charge in [0.05, 0.1) is 11.6 Å². The third-order valence-corrected chi connectivity index (χ3v) is 6.48. The standard InChI is InChI=1S/C25H27FN4O2S/c1-15(2)13-14-30-16(3)21(22(27-25(30)31)17-7-11-20(33-4)12-8-17)24-28-23(29-32-24)18-5-9-19(26)10-6-18/h5-12,15,22H,13-14H2,1-4H3,(H,27,31). The van der Waals surface area contributed by atoms with E-state index in [9.17, 15) is 9.18 Å². The molecular weight excluding hydrogens is 439 g/mol. The molecule has 1 aliphatic heterocycles. The van der Waals surface area contributed by atoms with Crippen LogP contribution in [0.15, 0.2) is 63.6 Å². The van der Waals surface area contributed by atoms with Gasteiger partial charge in [-0.15, -0.1) is 11.8 Å². The third kappa shape index (κ3) is 4.95. The van der Waals surface area contributed by atoms with Gasteiger partial charge in [0.25, 0.3) is 5.89 Å². The number of aromatic nitrogens is 2. The number of allylic oxidation sites excluding steroid dienone is 1. The Balaban J connectivity index is 1.77. The van der Waals surface area contributed by atoms with Gasteiger partial charge in [-0.25, -0.2) is 9.18 Å². The minimum Gasteiger partial charge on any atom is -0.334 e. The second-order valence-electron chi connectivity index (χ2n) is 8.42. The van der Waals surface area contributed by atoms with Gasteiger partial charge in [-0.3, -0.25) is 4.90 Å². The molecule has 0 radical (unpaired) electrons. The first-order chi connectivity index (χ1) is 15.9. The molecule has 1 aliphatic rings. The fraction of sp³-hybridized carbons (Fsp3) is 0.320. The van der Waals surface area contributed by atoms with Crippen molar-refractivity contribution in [1.29, 1.82) is 0 Å². The normalized spacial score (nSPS) is 16.5. The van der Waals surface area contributed by atoms with E-state index in [0.717, 1.165) is 28.1 Å². The SMILES string of the molecule is CSc1ccc(C2NC(=O)N(CCC(C)C)C(C)=C2c2nc(-c3ccc(F)cc3)no2)cc1. The lowest BCUT2D eigenvalue weighted by molar-refractivity contribution is 0.202. The van der Waals surface area contributed by atoms with Gasteiger partial charge >= 0.3 is 6.03 Å². The third-order valence-electron chi connectivity index (χ3n) is 5.73. The number of nitrogens with zero attached hydrogens (tertiary/aromatic N) is 3. The van der Waals surface area contributed by atoms with Crippen LogP contribution in [0.5, 0.6) is 0 Å². The zero-order valence-corrected chi connectivity index (χ0v) is 19.9. The van der Waals surface area contributed by atoms with Crippen molar-refractivity contribution in [3.63, 3.8) is 0 Å². The highest BCUT2D eigenvalue weighted by molar-refractivity contribution is 7.98. The number of nitrogens with one attached hydrogen (secondary N) is 1. The zero-order valence-electron chi connectivity index (χ0n) is 19.1. The first kappa shape index (κ1) is 23.0. The van der Waals surface area contributed by atoms with E-state index < -0.39 is 6.04 Å². The van der Waals surface area contributed by atoms with E-state index in [0.29, 0.717) is 29.7 Å². The molecule has 0 spiro atoms. The van der Waals surface area contributed by atoms with Gasteiger partial charge in [-0.1, -0.05) is 31.1 Å². The van der Waals surface area contributed by atoms with Crippen LogP contribution < -0.4 is 5.32 Å². The molecule has 8 heteroatoms. The second kappa shape index (κ2) is 9.79. The van der Waals surface area contributed by atoms with Crippen molar-refractivity contribution < 1.29 is 13.7 Å². The quantitative estimate of drug-likeness (QED) is 0.424. The zero-order chi connectivity index (χ0) is 23.5. The van der Waals surface area contributed by atoms with Crippen molar-refractivity contribution >= 4 is 23.4 Å². The molecule has 2 heterocycles. The van der Waals surface area contributed by atoms with Crippen molar-refractivity contribution in [1.82, 2.24) is 20.4 Å². The Kier molecular flexibility index (Phi) is 6.83. The fourth-order valence-corrected chi connectivity index (χ4v) is 4.22. The van der Waals surface area contributed by atoms with Crippen LogP contribution in [0.25, 0.3) is 17.0 Å². The van der Waals surface area contributed by atoms with Crippen LogP contribution in [0.2, 0.25) is 0 Å². The average molecular weight is 467 g/mol. The smallest absolute Gasteiger partial charge is 0.322 e. The number of amides is 2.